The Kier molecular flexibility index (Phi) is 4.89. The highest BCUT2D eigenvalue weighted by Gasteiger charge is 2.37. The van der Waals surface area contributed by atoms with Crippen LogP contribution < -0.4 is 4.90 Å². The Bertz CT molecular complexity index is 746. The van der Waals surface area contributed by atoms with Gasteiger partial charge >= 0.3 is 0 Å². The molecule has 2 aliphatic rings. The van der Waals surface area contributed by atoms with E-state index in [2.05, 4.69) is 33.8 Å². The summed E-state index contributed by atoms with van der Waals surface area (Å²) >= 11 is 0. The molecule has 2 fully saturated rings. The number of hydrogen-bond acceptors (Lipinski definition) is 6. The van der Waals surface area contributed by atoms with Crippen LogP contribution in [0.2, 0.25) is 0 Å². The molecular formula is C20H26N4O2. The van der Waals surface area contributed by atoms with E-state index in [-0.39, 0.29) is 0 Å². The summed E-state index contributed by atoms with van der Waals surface area (Å²) in [5.41, 5.74) is 2.44. The summed E-state index contributed by atoms with van der Waals surface area (Å²) in [6, 6.07) is 10.2. The average molecular weight is 354 g/mol. The smallest absolute Gasteiger partial charge is 0.225 e. The molecule has 1 aromatic carbocycles. The fraction of sp³-hybridized carbons (Fsp3) is 0.500. The Labute approximate surface area is 154 Å². The van der Waals surface area contributed by atoms with Crippen LogP contribution >= 0.6 is 0 Å². The largest absolute Gasteiger partial charge is 0.384 e. The maximum atomic E-state index is 11.1. The molecule has 0 saturated carbocycles. The molecule has 4 rings (SSSR count). The molecule has 0 spiro atoms. The van der Waals surface area contributed by atoms with Gasteiger partial charge in [-0.05, 0) is 25.0 Å². The quantitative estimate of drug-likeness (QED) is 0.902. The van der Waals surface area contributed by atoms with E-state index in [1.54, 1.807) is 0 Å². The number of rotatable bonds is 4. The van der Waals surface area contributed by atoms with Gasteiger partial charge in [-0.1, -0.05) is 29.8 Å². The molecule has 0 aliphatic carbocycles. The van der Waals surface area contributed by atoms with Gasteiger partial charge in [0.25, 0.3) is 0 Å². The van der Waals surface area contributed by atoms with Gasteiger partial charge in [-0.25, -0.2) is 9.97 Å². The fourth-order valence-electron chi connectivity index (χ4n) is 3.72. The highest BCUT2D eigenvalue weighted by molar-refractivity contribution is 5.31. The first-order valence-electron chi connectivity index (χ1n) is 9.29. The monoisotopic (exact) mass is 354 g/mol. The molecule has 1 unspecified atom stereocenters. The number of ether oxygens (including phenoxy) is 1. The summed E-state index contributed by atoms with van der Waals surface area (Å²) in [7, 11) is 0. The molecule has 138 valence electrons. The van der Waals surface area contributed by atoms with Gasteiger partial charge in [-0.15, -0.1) is 0 Å². The number of β-amino-alcohol motifs (C(OH)–C–C–N with tert-alkyl or cyclic N) is 1. The fourth-order valence-corrected chi connectivity index (χ4v) is 3.72. The lowest BCUT2D eigenvalue weighted by molar-refractivity contribution is 0.0451. The molecule has 2 saturated heterocycles. The summed E-state index contributed by atoms with van der Waals surface area (Å²) in [6.07, 6.45) is 2.58. The van der Waals surface area contributed by atoms with E-state index in [1.807, 2.05) is 24.4 Å². The molecule has 0 bridgehead atoms. The Balaban J connectivity index is 1.43. The minimum Gasteiger partial charge on any atom is -0.384 e. The van der Waals surface area contributed by atoms with Crippen LogP contribution in [-0.4, -0.2) is 59.4 Å². The van der Waals surface area contributed by atoms with Crippen molar-refractivity contribution in [1.29, 1.82) is 0 Å². The number of aromatic nitrogens is 2. The van der Waals surface area contributed by atoms with Gasteiger partial charge in [-0.2, -0.15) is 0 Å². The number of aliphatic hydroxyl groups is 1. The molecule has 3 heterocycles. The van der Waals surface area contributed by atoms with Crippen molar-refractivity contribution >= 4 is 5.95 Å². The second-order valence-corrected chi connectivity index (χ2v) is 7.31. The number of likely N-dealkylation sites (tertiary alicyclic amines) is 1. The summed E-state index contributed by atoms with van der Waals surface area (Å²) in [5.74, 6) is 0.777. The third kappa shape index (κ3) is 3.72. The first-order valence-corrected chi connectivity index (χ1v) is 9.29. The Morgan fingerprint density at radius 1 is 1.12 bits per heavy atom. The van der Waals surface area contributed by atoms with Gasteiger partial charge in [0.05, 0.1) is 18.9 Å². The van der Waals surface area contributed by atoms with Crippen LogP contribution in [0.25, 0.3) is 0 Å². The van der Waals surface area contributed by atoms with E-state index in [9.17, 15) is 5.11 Å². The van der Waals surface area contributed by atoms with E-state index in [0.29, 0.717) is 6.54 Å². The zero-order valence-electron chi connectivity index (χ0n) is 15.3. The molecule has 2 aromatic rings. The van der Waals surface area contributed by atoms with Crippen LogP contribution in [0.3, 0.4) is 0 Å². The topological polar surface area (TPSA) is 61.7 Å². The zero-order chi connectivity index (χ0) is 18.0. The van der Waals surface area contributed by atoms with E-state index >= 15 is 0 Å². The Morgan fingerprint density at radius 3 is 2.65 bits per heavy atom. The molecule has 26 heavy (non-hydrogen) atoms. The molecule has 0 amide bonds. The van der Waals surface area contributed by atoms with Gasteiger partial charge in [-0.3, -0.25) is 4.90 Å². The van der Waals surface area contributed by atoms with Gasteiger partial charge in [0.1, 0.15) is 5.60 Å². The van der Waals surface area contributed by atoms with Crippen molar-refractivity contribution in [3.63, 3.8) is 0 Å². The normalized spacial score (nSPS) is 24.2. The van der Waals surface area contributed by atoms with Crippen LogP contribution in [0.1, 0.15) is 23.2 Å². The first kappa shape index (κ1) is 17.4. The third-order valence-corrected chi connectivity index (χ3v) is 5.30. The second-order valence-electron chi connectivity index (χ2n) is 7.31. The van der Waals surface area contributed by atoms with Gasteiger partial charge in [0.15, 0.2) is 0 Å². The number of hydrogen-bond donors (Lipinski definition) is 1. The lowest BCUT2D eigenvalue weighted by Crippen LogP contribution is -2.37. The molecule has 6 heteroatoms. The SMILES string of the molecule is Cc1ccc(C2(O)CCN(Cc3ccnc(N4CCOCC4)n3)C2)cc1. The second kappa shape index (κ2) is 7.31. The Morgan fingerprint density at radius 2 is 1.88 bits per heavy atom. The van der Waals surface area contributed by atoms with Crippen LogP contribution in [0, 0.1) is 6.92 Å². The van der Waals surface area contributed by atoms with Gasteiger partial charge < -0.3 is 14.7 Å². The predicted molar refractivity (Wildman–Crippen MR) is 100 cm³/mol. The number of aryl methyl sites for hydroxylation is 1. The van der Waals surface area contributed by atoms with E-state index in [1.165, 1.54) is 5.56 Å². The number of anilines is 1. The van der Waals surface area contributed by atoms with Crippen LogP contribution in [0.15, 0.2) is 36.5 Å². The van der Waals surface area contributed by atoms with Crippen LogP contribution in [0.5, 0.6) is 0 Å². The minimum atomic E-state index is -0.770. The molecule has 1 aromatic heterocycles. The Hall–Kier alpha value is -2.02. The van der Waals surface area contributed by atoms with Gasteiger partial charge in [0.2, 0.25) is 5.95 Å². The van der Waals surface area contributed by atoms with Crippen molar-refractivity contribution in [2.45, 2.75) is 25.5 Å². The van der Waals surface area contributed by atoms with E-state index in [4.69, 9.17) is 9.72 Å². The molecule has 2 aliphatic heterocycles. The summed E-state index contributed by atoms with van der Waals surface area (Å²) < 4.78 is 5.40. The molecule has 0 radical (unpaired) electrons. The number of nitrogens with zero attached hydrogens (tertiary/aromatic N) is 4. The van der Waals surface area contributed by atoms with Crippen LogP contribution in [0.4, 0.5) is 5.95 Å². The lowest BCUT2D eigenvalue weighted by Gasteiger charge is -2.27. The average Bonchev–Trinajstić information content (AvgIpc) is 3.05. The molecule has 1 atom stereocenters. The van der Waals surface area contributed by atoms with Crippen LogP contribution in [-0.2, 0) is 16.9 Å². The third-order valence-electron chi connectivity index (χ3n) is 5.30. The van der Waals surface area contributed by atoms with E-state index < -0.39 is 5.60 Å². The minimum absolute atomic E-state index is 0.632. The summed E-state index contributed by atoms with van der Waals surface area (Å²) in [5, 5.41) is 11.1. The first-order chi connectivity index (χ1) is 12.6. The number of morpholine rings is 1. The van der Waals surface area contributed by atoms with E-state index in [0.717, 1.165) is 63.0 Å². The molecular weight excluding hydrogens is 328 g/mol. The lowest BCUT2D eigenvalue weighted by atomic mass is 9.92. The number of benzene rings is 1. The predicted octanol–water partition coefficient (Wildman–Crippen LogP) is 1.72. The molecule has 1 N–H and O–H groups in total. The maximum absolute atomic E-state index is 11.1. The summed E-state index contributed by atoms with van der Waals surface area (Å²) in [6.45, 7) is 7.41. The van der Waals surface area contributed by atoms with Crippen molar-refractivity contribution in [2.75, 3.05) is 44.3 Å². The van der Waals surface area contributed by atoms with Crippen molar-refractivity contribution in [2.24, 2.45) is 0 Å². The van der Waals surface area contributed by atoms with Crippen molar-refractivity contribution < 1.29 is 9.84 Å². The zero-order valence-corrected chi connectivity index (χ0v) is 15.3. The van der Waals surface area contributed by atoms with Crippen molar-refractivity contribution in [3.05, 3.63) is 53.3 Å². The highest BCUT2D eigenvalue weighted by atomic mass is 16.5. The highest BCUT2D eigenvalue weighted by Crippen LogP contribution is 2.32. The molecule has 6 nitrogen and oxygen atoms in total. The summed E-state index contributed by atoms with van der Waals surface area (Å²) in [4.78, 5) is 13.6. The van der Waals surface area contributed by atoms with Gasteiger partial charge in [0, 0.05) is 38.9 Å². The standard InChI is InChI=1S/C20H26N4O2/c1-16-2-4-17(5-3-16)20(25)7-9-23(15-20)14-18-6-8-21-19(22-18)24-10-12-26-13-11-24/h2-6,8,25H,7,9-15H2,1H3. The maximum Gasteiger partial charge on any atom is 0.225 e. The van der Waals surface area contributed by atoms with Crippen molar-refractivity contribution in [3.8, 4) is 0 Å². The van der Waals surface area contributed by atoms with Crippen molar-refractivity contribution in [1.82, 2.24) is 14.9 Å².